The maximum Gasteiger partial charge on any atom is 1.00 e. The van der Waals surface area contributed by atoms with E-state index < -0.39 is 16.5 Å². The molecule has 0 heterocycles. The average Bonchev–Trinajstić information content (AvgIpc) is 1.61. The molecule has 0 radical (unpaired) electrons. The van der Waals surface area contributed by atoms with E-state index in [-0.39, 0.29) is 103 Å². The predicted octanol–water partition coefficient (Wildman–Crippen LogP) is -7.56. The Labute approximate surface area is 144 Å². The van der Waals surface area contributed by atoms with Crippen LogP contribution in [0.3, 0.4) is 0 Å². The zero-order chi connectivity index (χ0) is 6.57. The average molecular weight is 238 g/mol. The second-order valence-electron chi connectivity index (χ2n) is 0.667. The Balaban J connectivity index is -0.000000245. The van der Waals surface area contributed by atoms with Crippen molar-refractivity contribution in [2.45, 2.75) is 0 Å². The van der Waals surface area contributed by atoms with Gasteiger partial charge in [-0.1, -0.05) is 0 Å². The van der Waals surface area contributed by atoms with E-state index in [1.807, 2.05) is 0 Å². The Hall–Kier alpha value is 3.57. The first kappa shape index (κ1) is 19.2. The van der Waals surface area contributed by atoms with E-state index in [9.17, 15) is 18.9 Å². The Morgan fingerprint density at radius 3 is 1.20 bits per heavy atom. The summed E-state index contributed by atoms with van der Waals surface area (Å²) in [4.78, 5) is 18.7. The summed E-state index contributed by atoms with van der Waals surface area (Å²) < 4.78 is 25.2. The molecule has 0 aromatic carbocycles. The first-order valence-corrected chi connectivity index (χ1v) is 3.84. The van der Waals surface area contributed by atoms with Crippen LogP contribution in [0.2, 0.25) is 0 Å². The first-order chi connectivity index (χ1) is 3.63. The third kappa shape index (κ3) is 17.6. The van der Waals surface area contributed by atoms with E-state index in [1.165, 1.54) is 0 Å². The van der Waals surface area contributed by atoms with Gasteiger partial charge < -0.3 is 18.9 Å². The standard InChI is InChI=1S/2K.H4O6P2/c;;1-7(2)5-6-8(3)4/h;;7-8H,(H,1,2)(H,3,4)/q2*+1;/p-2. The monoisotopic (exact) mass is 238 g/mol. The molecular weight excluding hydrogens is 236 g/mol. The molecule has 0 aliphatic rings. The molecule has 2 atom stereocenters. The van der Waals surface area contributed by atoms with Crippen molar-refractivity contribution in [1.29, 1.82) is 0 Å². The Morgan fingerprint density at radius 2 is 1.10 bits per heavy atom. The van der Waals surface area contributed by atoms with Crippen LogP contribution < -0.4 is 113 Å². The molecule has 0 aromatic rings. The SMILES string of the molecule is O=[PH]([O-])OO[PH](=O)[O-].[K+].[K+]. The molecule has 0 aromatic heterocycles. The van der Waals surface area contributed by atoms with Gasteiger partial charge >= 0.3 is 103 Å². The van der Waals surface area contributed by atoms with Gasteiger partial charge in [-0.3, -0.25) is 0 Å². The van der Waals surface area contributed by atoms with E-state index in [2.05, 4.69) is 9.35 Å². The molecule has 0 amide bonds. The summed E-state index contributed by atoms with van der Waals surface area (Å²) in [5, 5.41) is 0. The molecule has 0 aliphatic heterocycles. The van der Waals surface area contributed by atoms with Gasteiger partial charge in [0.2, 0.25) is 0 Å². The van der Waals surface area contributed by atoms with E-state index in [0.29, 0.717) is 0 Å². The minimum Gasteiger partial charge on any atom is -0.779 e. The zero-order valence-corrected chi connectivity index (χ0v) is 13.7. The molecule has 50 valence electrons. The van der Waals surface area contributed by atoms with Crippen molar-refractivity contribution in [3.63, 3.8) is 0 Å². The van der Waals surface area contributed by atoms with Gasteiger partial charge in [0.05, 0.1) is 0 Å². The van der Waals surface area contributed by atoms with Gasteiger partial charge in [0.25, 0.3) is 0 Å². The molecule has 0 bridgehead atoms. The van der Waals surface area contributed by atoms with Crippen LogP contribution in [0.4, 0.5) is 0 Å². The predicted molar refractivity (Wildman–Crippen MR) is 20.2 cm³/mol. The molecule has 10 heteroatoms. The molecule has 0 N–H and O–H groups in total. The molecule has 0 saturated carbocycles. The third-order valence-corrected chi connectivity index (χ3v) is 0.783. The van der Waals surface area contributed by atoms with Gasteiger partial charge in [0, 0.05) is 0 Å². The van der Waals surface area contributed by atoms with Gasteiger partial charge in [-0.15, -0.1) is 0 Å². The number of hydrogen-bond donors (Lipinski definition) is 0. The van der Waals surface area contributed by atoms with Crippen LogP contribution in [0.1, 0.15) is 0 Å². The van der Waals surface area contributed by atoms with Crippen molar-refractivity contribution >= 4 is 16.5 Å². The van der Waals surface area contributed by atoms with Crippen molar-refractivity contribution < 1.29 is 131 Å². The maximum absolute atomic E-state index is 9.37. The van der Waals surface area contributed by atoms with Gasteiger partial charge in [0.1, 0.15) is 0 Å². The van der Waals surface area contributed by atoms with Crippen LogP contribution in [0, 0.1) is 0 Å². The molecule has 0 fully saturated rings. The smallest absolute Gasteiger partial charge is 0.779 e. The van der Waals surface area contributed by atoms with Gasteiger partial charge in [-0.05, 0) is 0 Å². The van der Waals surface area contributed by atoms with E-state index in [4.69, 9.17) is 0 Å². The van der Waals surface area contributed by atoms with Crippen molar-refractivity contribution in [2.75, 3.05) is 0 Å². The minimum atomic E-state index is -3.53. The molecule has 10 heavy (non-hydrogen) atoms. The molecular formula is H2K2O6P2. The molecule has 0 saturated heterocycles. The van der Waals surface area contributed by atoms with Crippen LogP contribution in [-0.2, 0) is 18.5 Å². The second-order valence-corrected chi connectivity index (χ2v) is 2.00. The van der Waals surface area contributed by atoms with Crippen LogP contribution in [-0.4, -0.2) is 0 Å². The number of hydrogen-bond acceptors (Lipinski definition) is 6. The Kier molecular flexibility index (Phi) is 24.1. The van der Waals surface area contributed by atoms with Gasteiger partial charge in [0.15, 0.2) is 16.5 Å². The van der Waals surface area contributed by atoms with Gasteiger partial charge in [-0.2, -0.15) is 9.35 Å². The summed E-state index contributed by atoms with van der Waals surface area (Å²) in [6.45, 7) is 0. The first-order valence-electron chi connectivity index (χ1n) is 1.39. The molecule has 6 nitrogen and oxygen atoms in total. The summed E-state index contributed by atoms with van der Waals surface area (Å²) in [6.07, 6.45) is 0. The van der Waals surface area contributed by atoms with Crippen LogP contribution in [0.5, 0.6) is 0 Å². The summed E-state index contributed by atoms with van der Waals surface area (Å²) in [6, 6.07) is 0. The summed E-state index contributed by atoms with van der Waals surface area (Å²) in [7, 11) is -7.05. The van der Waals surface area contributed by atoms with Crippen LogP contribution in [0.15, 0.2) is 0 Å². The maximum atomic E-state index is 9.37. The molecule has 0 spiro atoms. The molecule has 0 rings (SSSR count). The fourth-order valence-electron chi connectivity index (χ4n) is 0.0680. The molecule has 0 aliphatic carbocycles. The summed E-state index contributed by atoms with van der Waals surface area (Å²) in [5.74, 6) is 0. The van der Waals surface area contributed by atoms with Crippen molar-refractivity contribution in [3.8, 4) is 0 Å². The molecule has 2 unspecified atom stereocenters. The van der Waals surface area contributed by atoms with Crippen LogP contribution >= 0.6 is 16.5 Å². The Bertz CT molecular complexity index is 98.3. The normalized spacial score (nSPS) is 14.2. The van der Waals surface area contributed by atoms with Crippen molar-refractivity contribution in [3.05, 3.63) is 0 Å². The minimum absolute atomic E-state index is 0. The van der Waals surface area contributed by atoms with E-state index in [0.717, 1.165) is 0 Å². The zero-order valence-electron chi connectivity index (χ0n) is 5.45. The summed E-state index contributed by atoms with van der Waals surface area (Å²) in [5.41, 5.74) is 0. The summed E-state index contributed by atoms with van der Waals surface area (Å²) >= 11 is 0. The fourth-order valence-corrected chi connectivity index (χ4v) is 0.612. The van der Waals surface area contributed by atoms with Gasteiger partial charge in [-0.25, -0.2) is 0 Å². The second kappa shape index (κ2) is 12.6. The largest absolute Gasteiger partial charge is 1.00 e. The Morgan fingerprint density at radius 1 is 0.900 bits per heavy atom. The topological polar surface area (TPSA) is 98.7 Å². The van der Waals surface area contributed by atoms with E-state index in [1.54, 1.807) is 0 Å². The van der Waals surface area contributed by atoms with Crippen LogP contribution in [0.25, 0.3) is 0 Å². The van der Waals surface area contributed by atoms with Crippen molar-refractivity contribution in [1.82, 2.24) is 0 Å². The van der Waals surface area contributed by atoms with E-state index >= 15 is 0 Å². The third-order valence-electron chi connectivity index (χ3n) is 0.178. The fraction of sp³-hybridized carbons (Fsp3) is 0. The quantitative estimate of drug-likeness (QED) is 0.209. The van der Waals surface area contributed by atoms with Crippen molar-refractivity contribution in [2.24, 2.45) is 0 Å². The number of rotatable bonds is 3.